The van der Waals surface area contributed by atoms with Gasteiger partial charge in [0.2, 0.25) is 10.0 Å². The Balaban J connectivity index is 1.68. The molecule has 2 aromatic carbocycles. The molecule has 11 heteroatoms. The predicted molar refractivity (Wildman–Crippen MR) is 109 cm³/mol. The Morgan fingerprint density at radius 1 is 1.00 bits per heavy atom. The second kappa shape index (κ2) is 7.73. The van der Waals surface area contributed by atoms with E-state index >= 15 is 0 Å². The quantitative estimate of drug-likeness (QED) is 0.502. The second-order valence-electron chi connectivity index (χ2n) is 7.58. The van der Waals surface area contributed by atoms with Gasteiger partial charge in [0.25, 0.3) is 5.92 Å². The van der Waals surface area contributed by atoms with Crippen LogP contribution in [-0.4, -0.2) is 38.8 Å². The lowest BCUT2D eigenvalue weighted by molar-refractivity contribution is -0.136. The molecular formula is C21H19F5N2O3S. The first-order valence-electron chi connectivity index (χ1n) is 9.72. The summed E-state index contributed by atoms with van der Waals surface area (Å²) in [5, 5.41) is 2.90. The largest absolute Gasteiger partial charge is 0.440 e. The van der Waals surface area contributed by atoms with Crippen LogP contribution in [-0.2, 0) is 16.2 Å². The van der Waals surface area contributed by atoms with E-state index in [0.29, 0.717) is 5.56 Å². The first-order chi connectivity index (χ1) is 14.9. The third kappa shape index (κ3) is 4.18. The van der Waals surface area contributed by atoms with Crippen LogP contribution < -0.4 is 5.32 Å². The molecule has 5 nitrogen and oxygen atoms in total. The Kier molecular flexibility index (Phi) is 5.44. The van der Waals surface area contributed by atoms with Crippen molar-refractivity contribution in [3.63, 3.8) is 0 Å². The van der Waals surface area contributed by atoms with Crippen LogP contribution in [0.15, 0.2) is 51.8 Å². The maximum atomic E-state index is 13.6. The van der Waals surface area contributed by atoms with Crippen LogP contribution in [0.4, 0.5) is 27.8 Å². The van der Waals surface area contributed by atoms with Gasteiger partial charge < -0.3 is 9.73 Å². The van der Waals surface area contributed by atoms with Gasteiger partial charge in [-0.15, -0.1) is 0 Å². The number of nitrogens with zero attached hydrogens (tertiary/aromatic N) is 1. The highest BCUT2D eigenvalue weighted by Gasteiger charge is 2.39. The van der Waals surface area contributed by atoms with Crippen LogP contribution in [0.1, 0.15) is 18.4 Å². The molecule has 3 aromatic rings. The first kappa shape index (κ1) is 22.5. The zero-order valence-corrected chi connectivity index (χ0v) is 17.7. The zero-order chi connectivity index (χ0) is 23.3. The van der Waals surface area contributed by atoms with E-state index in [4.69, 9.17) is 4.42 Å². The molecule has 0 unspecified atom stereocenters. The molecule has 1 saturated heterocycles. The monoisotopic (exact) mass is 474 g/mol. The van der Waals surface area contributed by atoms with E-state index in [1.807, 2.05) is 0 Å². The molecule has 2 heterocycles. The molecule has 1 aliphatic heterocycles. The molecule has 0 amide bonds. The molecule has 4 rings (SSSR count). The van der Waals surface area contributed by atoms with E-state index in [0.717, 1.165) is 10.4 Å². The second-order valence-corrected chi connectivity index (χ2v) is 9.52. The third-order valence-corrected chi connectivity index (χ3v) is 7.36. The fourth-order valence-electron chi connectivity index (χ4n) is 3.68. The summed E-state index contributed by atoms with van der Waals surface area (Å²) in [7, 11) is -2.46. The molecule has 32 heavy (non-hydrogen) atoms. The van der Waals surface area contributed by atoms with Crippen LogP contribution in [0.2, 0.25) is 0 Å². The van der Waals surface area contributed by atoms with E-state index < -0.39 is 40.5 Å². The number of benzene rings is 2. The van der Waals surface area contributed by atoms with Crippen molar-refractivity contribution in [2.45, 2.75) is 29.8 Å². The number of hydrogen-bond donors (Lipinski definition) is 1. The highest BCUT2D eigenvalue weighted by molar-refractivity contribution is 7.89. The fraction of sp³-hybridized carbons (Fsp3) is 0.333. The minimum atomic E-state index is -4.66. The third-order valence-electron chi connectivity index (χ3n) is 5.45. The average Bonchev–Trinajstić information content (AvgIpc) is 3.15. The van der Waals surface area contributed by atoms with E-state index in [9.17, 15) is 30.4 Å². The van der Waals surface area contributed by atoms with Gasteiger partial charge in [0.15, 0.2) is 5.88 Å². The Morgan fingerprint density at radius 3 is 2.19 bits per heavy atom. The molecule has 0 atom stereocenters. The van der Waals surface area contributed by atoms with Crippen LogP contribution in [0.25, 0.3) is 22.1 Å². The number of hydrogen-bond acceptors (Lipinski definition) is 4. The Bertz CT molecular complexity index is 1240. The van der Waals surface area contributed by atoms with E-state index in [1.165, 1.54) is 43.4 Å². The topological polar surface area (TPSA) is 62.6 Å². The van der Waals surface area contributed by atoms with Crippen LogP contribution >= 0.6 is 0 Å². The SMILES string of the molecule is CNc1cc2cc(-c3ccc(S(=O)(=O)N4CCC(F)(F)CC4)cc3)cc(C(F)(F)F)c2o1. The number of piperidine rings is 1. The molecule has 1 aromatic heterocycles. The van der Waals surface area contributed by atoms with Crippen LogP contribution in [0.5, 0.6) is 0 Å². The Hall–Kier alpha value is -2.66. The highest BCUT2D eigenvalue weighted by Crippen LogP contribution is 2.40. The lowest BCUT2D eigenvalue weighted by Gasteiger charge is -2.30. The number of nitrogens with one attached hydrogen (secondary N) is 1. The summed E-state index contributed by atoms with van der Waals surface area (Å²) < 4.78 is 99.2. The average molecular weight is 474 g/mol. The molecule has 1 aliphatic rings. The van der Waals surface area contributed by atoms with Gasteiger partial charge in [-0.2, -0.15) is 17.5 Å². The molecule has 1 N–H and O–H groups in total. The van der Waals surface area contributed by atoms with Crippen LogP contribution in [0, 0.1) is 0 Å². The van der Waals surface area contributed by atoms with Gasteiger partial charge >= 0.3 is 6.18 Å². The summed E-state index contributed by atoms with van der Waals surface area (Å²) in [5.74, 6) is -2.71. The van der Waals surface area contributed by atoms with Crippen molar-refractivity contribution in [3.8, 4) is 11.1 Å². The smallest absolute Gasteiger partial charge is 0.420 e. The maximum absolute atomic E-state index is 13.6. The standard InChI is InChI=1S/C21H19F5N2O3S/c1-27-18-12-15-10-14(11-17(19(15)31-18)21(24,25)26)13-2-4-16(5-3-13)32(29,30)28-8-6-20(22,23)7-9-28/h2-5,10-12,27H,6-9H2,1H3. The Labute approximate surface area is 180 Å². The maximum Gasteiger partial charge on any atom is 0.420 e. The summed E-state index contributed by atoms with van der Waals surface area (Å²) in [6.45, 7) is -0.589. The van der Waals surface area contributed by atoms with Gasteiger partial charge in [-0.1, -0.05) is 12.1 Å². The van der Waals surface area contributed by atoms with Gasteiger partial charge in [-0.25, -0.2) is 17.2 Å². The molecule has 0 saturated carbocycles. The summed E-state index contributed by atoms with van der Waals surface area (Å²) in [6.07, 6.45) is -5.76. The first-order valence-corrected chi connectivity index (χ1v) is 11.2. The summed E-state index contributed by atoms with van der Waals surface area (Å²) in [4.78, 5) is -0.107. The number of anilines is 1. The highest BCUT2D eigenvalue weighted by atomic mass is 32.2. The van der Waals surface area contributed by atoms with Crippen molar-refractivity contribution in [1.29, 1.82) is 0 Å². The van der Waals surface area contributed by atoms with Gasteiger partial charge in [-0.3, -0.25) is 0 Å². The number of halogens is 5. The van der Waals surface area contributed by atoms with E-state index in [-0.39, 0.29) is 40.4 Å². The number of sulfonamides is 1. The molecule has 1 fully saturated rings. The van der Waals surface area contributed by atoms with Crippen molar-refractivity contribution >= 4 is 26.9 Å². The number of rotatable bonds is 4. The number of furan rings is 1. The molecule has 172 valence electrons. The molecule has 0 aliphatic carbocycles. The van der Waals surface area contributed by atoms with Crippen molar-refractivity contribution in [2.75, 3.05) is 25.5 Å². The number of alkyl halides is 5. The molecular weight excluding hydrogens is 455 g/mol. The zero-order valence-electron chi connectivity index (χ0n) is 16.8. The van der Waals surface area contributed by atoms with Gasteiger partial charge in [0.05, 0.1) is 10.5 Å². The normalized spacial score (nSPS) is 17.6. The molecule has 0 bridgehead atoms. The van der Waals surface area contributed by atoms with Gasteiger partial charge in [-0.05, 0) is 35.4 Å². The minimum absolute atomic E-state index is 0.107. The van der Waals surface area contributed by atoms with E-state index in [2.05, 4.69) is 5.32 Å². The van der Waals surface area contributed by atoms with Crippen LogP contribution in [0.3, 0.4) is 0 Å². The van der Waals surface area contributed by atoms with Crippen molar-refractivity contribution in [2.24, 2.45) is 0 Å². The molecule has 0 radical (unpaired) electrons. The van der Waals surface area contributed by atoms with Crippen molar-refractivity contribution in [3.05, 3.63) is 48.0 Å². The summed E-state index contributed by atoms with van der Waals surface area (Å²) >= 11 is 0. The summed E-state index contributed by atoms with van der Waals surface area (Å²) in [6, 6.07) is 9.23. The van der Waals surface area contributed by atoms with Gasteiger partial charge in [0.1, 0.15) is 5.58 Å². The summed E-state index contributed by atoms with van der Waals surface area (Å²) in [5.41, 5.74) is -0.646. The lowest BCUT2D eigenvalue weighted by Crippen LogP contribution is -2.42. The van der Waals surface area contributed by atoms with Crippen molar-refractivity contribution in [1.82, 2.24) is 4.31 Å². The molecule has 0 spiro atoms. The van der Waals surface area contributed by atoms with E-state index in [1.54, 1.807) is 0 Å². The van der Waals surface area contributed by atoms with Gasteiger partial charge in [0, 0.05) is 44.4 Å². The minimum Gasteiger partial charge on any atom is -0.440 e. The fourth-order valence-corrected chi connectivity index (χ4v) is 5.12. The Morgan fingerprint density at radius 2 is 1.62 bits per heavy atom. The number of fused-ring (bicyclic) bond motifs is 1. The predicted octanol–water partition coefficient (Wildman–Crippen LogP) is 5.58. The lowest BCUT2D eigenvalue weighted by atomic mass is 10.0. The van der Waals surface area contributed by atoms with Crippen molar-refractivity contribution < 1.29 is 34.8 Å².